The van der Waals surface area contributed by atoms with E-state index >= 15 is 0 Å². The van der Waals surface area contributed by atoms with Gasteiger partial charge in [-0.05, 0) is 43.2 Å². The Morgan fingerprint density at radius 2 is 1.68 bits per heavy atom. The fourth-order valence-corrected chi connectivity index (χ4v) is 2.47. The molecule has 0 aliphatic carbocycles. The second-order valence-corrected chi connectivity index (χ2v) is 6.00. The van der Waals surface area contributed by atoms with Crippen molar-refractivity contribution >= 4 is 11.7 Å². The summed E-state index contributed by atoms with van der Waals surface area (Å²) in [4.78, 5) is 24.3. The number of hydrogen-bond donors (Lipinski definition) is 1. The molecule has 0 heterocycles. The molecule has 0 spiro atoms. The lowest BCUT2D eigenvalue weighted by Crippen LogP contribution is -2.26. The highest BCUT2D eigenvalue weighted by molar-refractivity contribution is 5.98. The van der Waals surface area contributed by atoms with Crippen LogP contribution in [0.3, 0.4) is 0 Å². The molecule has 132 valence electrons. The van der Waals surface area contributed by atoms with E-state index in [9.17, 15) is 9.59 Å². The minimum absolute atomic E-state index is 0.0374. The molecule has 1 atom stereocenters. The van der Waals surface area contributed by atoms with Crippen LogP contribution in [0, 0.1) is 0 Å². The molecule has 0 saturated heterocycles. The number of carbonyl (C=O) groups excluding carboxylic acids is 2. The summed E-state index contributed by atoms with van der Waals surface area (Å²) in [6.45, 7) is 4.64. The van der Waals surface area contributed by atoms with E-state index in [1.165, 1.54) is 0 Å². The number of ketones is 1. The third-order valence-corrected chi connectivity index (χ3v) is 3.91. The van der Waals surface area contributed by atoms with Crippen LogP contribution in [-0.4, -0.2) is 18.3 Å². The Labute approximate surface area is 149 Å². The van der Waals surface area contributed by atoms with Gasteiger partial charge in [-0.1, -0.05) is 37.3 Å². The summed E-state index contributed by atoms with van der Waals surface area (Å²) in [5.41, 5.74) is 1.65. The highest BCUT2D eigenvalue weighted by atomic mass is 16.5. The molecule has 0 fully saturated rings. The Hall–Kier alpha value is -2.62. The second-order valence-electron chi connectivity index (χ2n) is 6.00. The molecule has 4 heteroatoms. The monoisotopic (exact) mass is 339 g/mol. The van der Waals surface area contributed by atoms with Gasteiger partial charge in [0, 0.05) is 18.4 Å². The molecular formula is C21H25NO3. The first-order chi connectivity index (χ1) is 12.1. The van der Waals surface area contributed by atoms with E-state index in [0.29, 0.717) is 12.2 Å². The molecule has 1 amide bonds. The van der Waals surface area contributed by atoms with Crippen LogP contribution in [0.15, 0.2) is 54.6 Å². The van der Waals surface area contributed by atoms with Gasteiger partial charge in [-0.25, -0.2) is 0 Å². The molecule has 2 aromatic carbocycles. The van der Waals surface area contributed by atoms with E-state index in [-0.39, 0.29) is 30.6 Å². The highest BCUT2D eigenvalue weighted by Crippen LogP contribution is 2.15. The summed E-state index contributed by atoms with van der Waals surface area (Å²) < 4.78 is 5.50. The van der Waals surface area contributed by atoms with E-state index in [1.807, 2.05) is 44.2 Å². The van der Waals surface area contributed by atoms with Gasteiger partial charge >= 0.3 is 0 Å². The van der Waals surface area contributed by atoms with Crippen LogP contribution >= 0.6 is 0 Å². The van der Waals surface area contributed by atoms with Crippen LogP contribution < -0.4 is 10.1 Å². The van der Waals surface area contributed by atoms with Gasteiger partial charge < -0.3 is 10.1 Å². The summed E-state index contributed by atoms with van der Waals surface area (Å²) in [5, 5.41) is 2.92. The first-order valence-corrected chi connectivity index (χ1v) is 8.70. The zero-order valence-corrected chi connectivity index (χ0v) is 14.8. The maximum absolute atomic E-state index is 12.2. The van der Waals surface area contributed by atoms with Crippen LogP contribution in [0.1, 0.15) is 55.1 Å². The second kappa shape index (κ2) is 9.62. The summed E-state index contributed by atoms with van der Waals surface area (Å²) in [5.74, 6) is 0.602. The fourth-order valence-electron chi connectivity index (χ4n) is 2.47. The van der Waals surface area contributed by atoms with Gasteiger partial charge in [0.2, 0.25) is 5.91 Å². The molecule has 0 aliphatic heterocycles. The Kier molecular flexibility index (Phi) is 7.20. The maximum Gasteiger partial charge on any atom is 0.220 e. The van der Waals surface area contributed by atoms with Crippen LogP contribution in [0.4, 0.5) is 0 Å². The molecule has 2 rings (SSSR count). The summed E-state index contributed by atoms with van der Waals surface area (Å²) in [7, 11) is 0. The lowest BCUT2D eigenvalue weighted by Gasteiger charge is -2.14. The molecule has 2 aromatic rings. The predicted octanol–water partition coefficient (Wildman–Crippen LogP) is 4.32. The molecule has 0 radical (unpaired) electrons. The van der Waals surface area contributed by atoms with E-state index in [4.69, 9.17) is 4.74 Å². The largest absolute Gasteiger partial charge is 0.494 e. The van der Waals surface area contributed by atoms with Crippen molar-refractivity contribution in [2.75, 3.05) is 6.61 Å². The average Bonchev–Trinajstić information content (AvgIpc) is 2.65. The SMILES string of the molecule is CCCOc1ccc(C(=O)CCC(=O)N[C@H](C)c2ccccc2)cc1. The zero-order chi connectivity index (χ0) is 18.1. The number of Topliss-reactive ketones (excluding diaryl/α,β-unsaturated/α-hetero) is 1. The van der Waals surface area contributed by atoms with E-state index < -0.39 is 0 Å². The van der Waals surface area contributed by atoms with Crippen LogP contribution in [0.5, 0.6) is 5.75 Å². The number of benzene rings is 2. The third-order valence-electron chi connectivity index (χ3n) is 3.91. The van der Waals surface area contributed by atoms with Crippen molar-refractivity contribution in [3.05, 3.63) is 65.7 Å². The van der Waals surface area contributed by atoms with Gasteiger partial charge in [0.1, 0.15) is 5.75 Å². The van der Waals surface area contributed by atoms with Crippen molar-refractivity contribution in [1.29, 1.82) is 0 Å². The zero-order valence-electron chi connectivity index (χ0n) is 14.8. The number of nitrogens with one attached hydrogen (secondary N) is 1. The summed E-state index contributed by atoms with van der Waals surface area (Å²) >= 11 is 0. The minimum atomic E-state index is -0.118. The van der Waals surface area contributed by atoms with Crippen molar-refractivity contribution in [2.45, 2.75) is 39.2 Å². The first-order valence-electron chi connectivity index (χ1n) is 8.70. The molecule has 0 unspecified atom stereocenters. The van der Waals surface area contributed by atoms with Crippen molar-refractivity contribution in [3.8, 4) is 5.75 Å². The molecule has 25 heavy (non-hydrogen) atoms. The Morgan fingerprint density at radius 1 is 1.00 bits per heavy atom. The van der Waals surface area contributed by atoms with Crippen LogP contribution in [-0.2, 0) is 4.79 Å². The van der Waals surface area contributed by atoms with Crippen molar-refractivity contribution in [1.82, 2.24) is 5.32 Å². The molecular weight excluding hydrogens is 314 g/mol. The molecule has 0 aliphatic rings. The Morgan fingerprint density at radius 3 is 2.32 bits per heavy atom. The minimum Gasteiger partial charge on any atom is -0.494 e. The fraction of sp³-hybridized carbons (Fsp3) is 0.333. The standard InChI is InChI=1S/C21H25NO3/c1-3-15-25-19-11-9-18(10-12-19)20(23)13-14-21(24)22-16(2)17-7-5-4-6-8-17/h4-12,16H,3,13-15H2,1-2H3,(H,22,24)/t16-/m1/s1. The Balaban J connectivity index is 1.80. The number of hydrogen-bond acceptors (Lipinski definition) is 3. The normalized spacial score (nSPS) is 11.6. The quantitative estimate of drug-likeness (QED) is 0.692. The van der Waals surface area contributed by atoms with Gasteiger partial charge in [-0.15, -0.1) is 0 Å². The number of amides is 1. The molecule has 0 bridgehead atoms. The maximum atomic E-state index is 12.2. The van der Waals surface area contributed by atoms with Crippen molar-refractivity contribution in [3.63, 3.8) is 0 Å². The first kappa shape index (κ1) is 18.7. The number of carbonyl (C=O) groups is 2. The Bertz CT molecular complexity index is 680. The molecule has 1 N–H and O–H groups in total. The smallest absolute Gasteiger partial charge is 0.220 e. The van der Waals surface area contributed by atoms with Gasteiger partial charge in [-0.2, -0.15) is 0 Å². The van der Waals surface area contributed by atoms with Gasteiger partial charge in [-0.3, -0.25) is 9.59 Å². The van der Waals surface area contributed by atoms with Crippen molar-refractivity contribution in [2.24, 2.45) is 0 Å². The van der Waals surface area contributed by atoms with Crippen molar-refractivity contribution < 1.29 is 14.3 Å². The number of ether oxygens (including phenoxy) is 1. The van der Waals surface area contributed by atoms with E-state index in [1.54, 1.807) is 24.3 Å². The van der Waals surface area contributed by atoms with Gasteiger partial charge in [0.15, 0.2) is 5.78 Å². The van der Waals surface area contributed by atoms with Crippen LogP contribution in [0.2, 0.25) is 0 Å². The number of rotatable bonds is 9. The highest BCUT2D eigenvalue weighted by Gasteiger charge is 2.12. The van der Waals surface area contributed by atoms with E-state index in [2.05, 4.69) is 5.32 Å². The molecule has 0 aromatic heterocycles. The van der Waals surface area contributed by atoms with E-state index in [0.717, 1.165) is 17.7 Å². The van der Waals surface area contributed by atoms with Crippen LogP contribution in [0.25, 0.3) is 0 Å². The van der Waals surface area contributed by atoms with Gasteiger partial charge in [0.25, 0.3) is 0 Å². The average molecular weight is 339 g/mol. The van der Waals surface area contributed by atoms with Gasteiger partial charge in [0.05, 0.1) is 12.6 Å². The lowest BCUT2D eigenvalue weighted by molar-refractivity contribution is -0.121. The third kappa shape index (κ3) is 6.07. The summed E-state index contributed by atoms with van der Waals surface area (Å²) in [6.07, 6.45) is 1.32. The predicted molar refractivity (Wildman–Crippen MR) is 98.8 cm³/mol. The lowest BCUT2D eigenvalue weighted by atomic mass is 10.1. The topological polar surface area (TPSA) is 55.4 Å². The molecule has 0 saturated carbocycles. The summed E-state index contributed by atoms with van der Waals surface area (Å²) in [6, 6.07) is 16.8. The molecule has 4 nitrogen and oxygen atoms in total.